The molecule has 0 atom stereocenters. The molecular weight excluding hydrogens is 158 g/mol. The molecule has 2 N–H and O–H groups in total. The summed E-state index contributed by atoms with van der Waals surface area (Å²) in [5, 5.41) is 17.4. The van der Waals surface area contributed by atoms with Crippen molar-refractivity contribution in [3.63, 3.8) is 0 Å². The monoisotopic (exact) mass is 167 g/mol. The van der Waals surface area contributed by atoms with Crippen LogP contribution in [-0.4, -0.2) is 24.5 Å². The van der Waals surface area contributed by atoms with Gasteiger partial charge in [-0.3, -0.25) is 0 Å². The smallest absolute Gasteiger partial charge is 0.316 e. The molecule has 0 amide bonds. The van der Waals surface area contributed by atoms with E-state index in [4.69, 9.17) is 10.2 Å². The molecular formula is C4H9NO4S. The van der Waals surface area contributed by atoms with Crippen LogP contribution in [-0.2, 0) is 10.5 Å². The Labute approximate surface area is 60.0 Å². The molecule has 10 heavy (non-hydrogen) atoms. The summed E-state index contributed by atoms with van der Waals surface area (Å²) in [6, 6.07) is 0. The van der Waals surface area contributed by atoms with Crippen LogP contribution in [0.4, 0.5) is 0 Å². The summed E-state index contributed by atoms with van der Waals surface area (Å²) in [4.78, 5) is 0. The highest BCUT2D eigenvalue weighted by Gasteiger charge is 2.20. The minimum absolute atomic E-state index is 0.0824. The second-order valence-electron chi connectivity index (χ2n) is 1.83. The molecule has 0 rings (SSSR count). The first-order valence-electron chi connectivity index (χ1n) is 2.75. The van der Waals surface area contributed by atoms with Gasteiger partial charge in [-0.2, -0.15) is 8.42 Å². The first kappa shape index (κ1) is 9.54. The van der Waals surface area contributed by atoms with Crippen LogP contribution in [0.25, 0.3) is 0 Å². The zero-order valence-electron chi connectivity index (χ0n) is 5.48. The Morgan fingerprint density at radius 2 is 2.00 bits per heavy atom. The van der Waals surface area contributed by atoms with Crippen molar-refractivity contribution in [2.75, 3.05) is 0 Å². The van der Waals surface area contributed by atoms with Crippen molar-refractivity contribution in [2.24, 2.45) is 4.36 Å². The van der Waals surface area contributed by atoms with E-state index in [1.54, 1.807) is 6.92 Å². The molecule has 0 aromatic rings. The number of aliphatic hydroxyl groups is 2. The molecule has 0 spiro atoms. The predicted octanol–water partition coefficient (Wildman–Crippen LogP) is -0.512. The van der Waals surface area contributed by atoms with Gasteiger partial charge >= 0.3 is 10.5 Å². The summed E-state index contributed by atoms with van der Waals surface area (Å²) in [6.07, 6.45) is 0.370. The molecule has 0 saturated carbocycles. The zero-order valence-corrected chi connectivity index (χ0v) is 6.30. The van der Waals surface area contributed by atoms with Gasteiger partial charge in [0.25, 0.3) is 5.91 Å². The maximum Gasteiger partial charge on any atom is 0.316 e. The summed E-state index contributed by atoms with van der Waals surface area (Å²) >= 11 is 0. The van der Waals surface area contributed by atoms with Crippen LogP contribution in [0.1, 0.15) is 19.8 Å². The van der Waals surface area contributed by atoms with Crippen LogP contribution in [0.3, 0.4) is 0 Å². The van der Waals surface area contributed by atoms with E-state index in [2.05, 4.69) is 4.36 Å². The van der Waals surface area contributed by atoms with Gasteiger partial charge in [-0.05, 0) is 6.42 Å². The van der Waals surface area contributed by atoms with E-state index in [0.717, 1.165) is 0 Å². The highest BCUT2D eigenvalue weighted by molar-refractivity contribution is 7.61. The van der Waals surface area contributed by atoms with Gasteiger partial charge in [-0.25, -0.2) is 0 Å². The molecule has 6 heteroatoms. The van der Waals surface area contributed by atoms with Gasteiger partial charge in [0, 0.05) is 6.42 Å². The number of hydrogen-bond acceptors (Lipinski definition) is 5. The minimum Gasteiger partial charge on any atom is -0.347 e. The molecule has 0 aromatic carbocycles. The van der Waals surface area contributed by atoms with Crippen molar-refractivity contribution in [3.05, 3.63) is 0 Å². The Balaban J connectivity index is 4.27. The van der Waals surface area contributed by atoms with Gasteiger partial charge in [-0.1, -0.05) is 6.92 Å². The predicted molar refractivity (Wildman–Crippen MR) is 33.4 cm³/mol. The third-order valence-corrected chi connectivity index (χ3v) is 1.25. The molecule has 0 aliphatic carbocycles. The summed E-state index contributed by atoms with van der Waals surface area (Å²) in [5.74, 6) is -2.42. The van der Waals surface area contributed by atoms with E-state index in [9.17, 15) is 8.42 Å². The molecule has 0 unspecified atom stereocenters. The highest BCUT2D eigenvalue weighted by Crippen LogP contribution is 2.08. The Kier molecular flexibility index (Phi) is 3.48. The second kappa shape index (κ2) is 3.65. The van der Waals surface area contributed by atoms with E-state index in [-0.39, 0.29) is 6.42 Å². The van der Waals surface area contributed by atoms with Crippen molar-refractivity contribution in [3.8, 4) is 0 Å². The van der Waals surface area contributed by atoms with Crippen LogP contribution < -0.4 is 0 Å². The van der Waals surface area contributed by atoms with E-state index >= 15 is 0 Å². The largest absolute Gasteiger partial charge is 0.347 e. The number of nitrogens with zero attached hydrogens (tertiary/aromatic N) is 1. The summed E-state index contributed by atoms with van der Waals surface area (Å²) < 4.78 is 22.2. The Hall–Kier alpha value is -0.460. The van der Waals surface area contributed by atoms with Crippen molar-refractivity contribution < 1.29 is 18.6 Å². The Morgan fingerprint density at radius 3 is 2.30 bits per heavy atom. The van der Waals surface area contributed by atoms with Crippen LogP contribution in [0.2, 0.25) is 0 Å². The van der Waals surface area contributed by atoms with Crippen molar-refractivity contribution >= 4 is 10.5 Å². The molecule has 0 aliphatic rings. The SMILES string of the molecule is CCCC(O)(O)N=S(=O)=O. The van der Waals surface area contributed by atoms with Crippen LogP contribution >= 0.6 is 0 Å². The maximum atomic E-state index is 9.80. The summed E-state index contributed by atoms with van der Waals surface area (Å²) in [6.45, 7) is 1.68. The average molecular weight is 167 g/mol. The first-order valence-corrected chi connectivity index (χ1v) is 3.78. The summed E-state index contributed by atoms with van der Waals surface area (Å²) in [5.41, 5.74) is 0. The van der Waals surface area contributed by atoms with Crippen LogP contribution in [0.5, 0.6) is 0 Å². The maximum absolute atomic E-state index is 9.80. The van der Waals surface area contributed by atoms with E-state index < -0.39 is 16.4 Å². The summed E-state index contributed by atoms with van der Waals surface area (Å²) in [7, 11) is -2.76. The minimum atomic E-state index is -2.76. The molecule has 0 radical (unpaired) electrons. The third kappa shape index (κ3) is 4.42. The number of hydrogen-bond donors (Lipinski definition) is 2. The lowest BCUT2D eigenvalue weighted by Crippen LogP contribution is -2.24. The second-order valence-corrected chi connectivity index (χ2v) is 2.45. The molecule has 0 bridgehead atoms. The third-order valence-electron chi connectivity index (χ3n) is 0.806. The van der Waals surface area contributed by atoms with Gasteiger partial charge < -0.3 is 10.2 Å². The first-order chi connectivity index (χ1) is 4.48. The molecule has 0 heterocycles. The highest BCUT2D eigenvalue weighted by atomic mass is 32.2. The molecule has 0 aromatic heterocycles. The lowest BCUT2D eigenvalue weighted by atomic mass is 10.3. The lowest BCUT2D eigenvalue weighted by molar-refractivity contribution is -0.155. The van der Waals surface area contributed by atoms with Gasteiger partial charge in [0.2, 0.25) is 0 Å². The fraction of sp³-hybridized carbons (Fsp3) is 1.00. The quantitative estimate of drug-likeness (QED) is 0.554. The van der Waals surface area contributed by atoms with E-state index in [1.807, 2.05) is 0 Å². The van der Waals surface area contributed by atoms with Gasteiger partial charge in [0.05, 0.1) is 0 Å². The lowest BCUT2D eigenvalue weighted by Gasteiger charge is -2.10. The standard InChI is InChI=1S/C4H9NO4S/c1-2-3-4(6,7)5-10(8)9/h6-7H,2-3H2,1H3. The van der Waals surface area contributed by atoms with Crippen molar-refractivity contribution in [1.29, 1.82) is 0 Å². The van der Waals surface area contributed by atoms with Crippen LogP contribution in [0, 0.1) is 0 Å². The van der Waals surface area contributed by atoms with E-state index in [0.29, 0.717) is 6.42 Å². The molecule has 0 aliphatic heterocycles. The fourth-order valence-corrected chi connectivity index (χ4v) is 0.830. The fourth-order valence-electron chi connectivity index (χ4n) is 0.500. The van der Waals surface area contributed by atoms with Crippen molar-refractivity contribution in [1.82, 2.24) is 0 Å². The van der Waals surface area contributed by atoms with Crippen LogP contribution in [0.15, 0.2) is 4.36 Å². The molecule has 0 saturated heterocycles. The Bertz CT molecular complexity index is 209. The Morgan fingerprint density at radius 1 is 1.50 bits per heavy atom. The van der Waals surface area contributed by atoms with E-state index in [1.165, 1.54) is 0 Å². The molecule has 0 fully saturated rings. The molecule has 60 valence electrons. The topological polar surface area (TPSA) is 87.0 Å². The van der Waals surface area contributed by atoms with Crippen molar-refractivity contribution in [2.45, 2.75) is 25.7 Å². The zero-order chi connectivity index (χ0) is 8.20. The molecule has 5 nitrogen and oxygen atoms in total. The van der Waals surface area contributed by atoms with Gasteiger partial charge in [0.15, 0.2) is 0 Å². The van der Waals surface area contributed by atoms with Gasteiger partial charge in [-0.15, -0.1) is 4.36 Å². The normalized spacial score (nSPS) is 11.1. The average Bonchev–Trinajstić information content (AvgIpc) is 1.59. The van der Waals surface area contributed by atoms with Gasteiger partial charge in [0.1, 0.15) is 0 Å². The number of rotatable bonds is 3.